The molecule has 0 fully saturated rings. The minimum atomic E-state index is -4.52. The maximum atomic E-state index is 13.4. The molecule has 0 saturated carbocycles. The van der Waals surface area contributed by atoms with E-state index in [0.29, 0.717) is 21.6 Å². The van der Waals surface area contributed by atoms with Crippen LogP contribution in [0.3, 0.4) is 0 Å². The monoisotopic (exact) mass is 397 g/mol. The molecule has 0 radical (unpaired) electrons. The Balaban J connectivity index is 2.23. The molecule has 24 heavy (non-hydrogen) atoms. The van der Waals surface area contributed by atoms with Crippen molar-refractivity contribution >= 4 is 21.6 Å². The van der Waals surface area contributed by atoms with E-state index >= 15 is 0 Å². The second kappa shape index (κ2) is 5.88. The second-order valence-electron chi connectivity index (χ2n) is 5.94. The summed E-state index contributed by atoms with van der Waals surface area (Å²) in [5.41, 5.74) is 1.80. The Morgan fingerprint density at radius 1 is 1.12 bits per heavy atom. The van der Waals surface area contributed by atoms with Crippen molar-refractivity contribution in [1.29, 1.82) is 0 Å². The maximum Gasteiger partial charge on any atom is 0.433 e. The number of hydrogen-bond acceptors (Lipinski definition) is 2. The highest BCUT2D eigenvalue weighted by Gasteiger charge is 2.35. The molecular weight excluding hydrogens is 383 g/mol. The zero-order chi connectivity index (χ0) is 17.6. The summed E-state index contributed by atoms with van der Waals surface area (Å²) in [4.78, 5) is 4.37. The first-order valence-corrected chi connectivity index (χ1v) is 8.21. The van der Waals surface area contributed by atoms with Crippen molar-refractivity contribution in [3.8, 4) is 11.3 Å². The van der Waals surface area contributed by atoms with Gasteiger partial charge in [-0.05, 0) is 40.4 Å². The van der Waals surface area contributed by atoms with E-state index < -0.39 is 11.9 Å². The van der Waals surface area contributed by atoms with Crippen molar-refractivity contribution in [3.05, 3.63) is 51.8 Å². The highest BCUT2D eigenvalue weighted by molar-refractivity contribution is 9.10. The predicted molar refractivity (Wildman–Crippen MR) is 90.0 cm³/mol. The van der Waals surface area contributed by atoms with Crippen LogP contribution in [0.2, 0.25) is 0 Å². The third-order valence-electron chi connectivity index (χ3n) is 3.86. The normalized spacial score (nSPS) is 12.3. The molecule has 7 heteroatoms. The van der Waals surface area contributed by atoms with Crippen molar-refractivity contribution in [2.75, 3.05) is 0 Å². The lowest BCUT2D eigenvalue weighted by Crippen LogP contribution is -2.13. The van der Waals surface area contributed by atoms with Crippen LogP contribution in [0.1, 0.15) is 36.7 Å². The molecule has 0 N–H and O–H groups in total. The number of nitrogens with zero attached hydrogens (tertiary/aromatic N) is 3. The summed E-state index contributed by atoms with van der Waals surface area (Å²) in [5.74, 6) is 0.354. The molecule has 0 aliphatic carbocycles. The van der Waals surface area contributed by atoms with Crippen LogP contribution >= 0.6 is 15.9 Å². The quantitative estimate of drug-likeness (QED) is 0.562. The Morgan fingerprint density at radius 3 is 2.29 bits per heavy atom. The maximum absolute atomic E-state index is 13.4. The molecule has 2 heterocycles. The van der Waals surface area contributed by atoms with E-state index in [-0.39, 0.29) is 11.3 Å². The fraction of sp³-hybridized carbons (Fsp3) is 0.294. The van der Waals surface area contributed by atoms with Crippen LogP contribution < -0.4 is 0 Å². The lowest BCUT2D eigenvalue weighted by atomic mass is 10.0. The number of aromatic nitrogens is 3. The first-order valence-electron chi connectivity index (χ1n) is 7.42. The largest absolute Gasteiger partial charge is 0.433 e. The van der Waals surface area contributed by atoms with Gasteiger partial charge in [-0.15, -0.1) is 0 Å². The average molecular weight is 398 g/mol. The Bertz CT molecular complexity index is 896. The van der Waals surface area contributed by atoms with Crippen LogP contribution in [0.15, 0.2) is 34.8 Å². The molecule has 3 aromatic rings. The summed E-state index contributed by atoms with van der Waals surface area (Å²) < 4.78 is 41.6. The number of alkyl halides is 3. The first kappa shape index (κ1) is 17.0. The molecule has 1 aromatic carbocycles. The minimum Gasteiger partial charge on any atom is -0.227 e. The van der Waals surface area contributed by atoms with Crippen molar-refractivity contribution < 1.29 is 13.2 Å². The van der Waals surface area contributed by atoms with E-state index in [9.17, 15) is 13.2 Å². The minimum absolute atomic E-state index is 0.158. The van der Waals surface area contributed by atoms with E-state index in [1.165, 1.54) is 0 Å². The summed E-state index contributed by atoms with van der Waals surface area (Å²) in [6, 6.07) is 8.46. The van der Waals surface area contributed by atoms with E-state index in [0.717, 1.165) is 16.1 Å². The van der Waals surface area contributed by atoms with Crippen LogP contribution in [-0.2, 0) is 6.18 Å². The summed E-state index contributed by atoms with van der Waals surface area (Å²) in [6.45, 7) is 5.76. The first-order chi connectivity index (χ1) is 11.2. The second-order valence-corrected chi connectivity index (χ2v) is 6.73. The number of hydrogen-bond donors (Lipinski definition) is 0. The number of aryl methyl sites for hydroxylation is 1. The smallest absolute Gasteiger partial charge is 0.227 e. The molecule has 2 aromatic heterocycles. The Kier molecular flexibility index (Phi) is 4.15. The van der Waals surface area contributed by atoms with Gasteiger partial charge in [0.2, 0.25) is 0 Å². The molecule has 0 aliphatic heterocycles. The average Bonchev–Trinajstić information content (AvgIpc) is 2.80. The Labute approximate surface area is 145 Å². The van der Waals surface area contributed by atoms with Gasteiger partial charge < -0.3 is 0 Å². The predicted octanol–water partition coefficient (Wildman–Crippen LogP) is 5.61. The van der Waals surface area contributed by atoms with Gasteiger partial charge >= 0.3 is 6.18 Å². The summed E-state index contributed by atoms with van der Waals surface area (Å²) in [7, 11) is 0. The van der Waals surface area contributed by atoms with Gasteiger partial charge in [0.25, 0.3) is 0 Å². The van der Waals surface area contributed by atoms with Gasteiger partial charge in [-0.1, -0.05) is 38.1 Å². The van der Waals surface area contributed by atoms with E-state index in [1.807, 2.05) is 12.1 Å². The van der Waals surface area contributed by atoms with Gasteiger partial charge in [0.05, 0.1) is 15.9 Å². The summed E-state index contributed by atoms with van der Waals surface area (Å²) in [6.07, 6.45) is -4.52. The molecule has 3 rings (SSSR count). The number of halogens is 4. The number of rotatable bonds is 2. The van der Waals surface area contributed by atoms with E-state index in [2.05, 4.69) is 39.9 Å². The van der Waals surface area contributed by atoms with Gasteiger partial charge in [0.15, 0.2) is 11.3 Å². The van der Waals surface area contributed by atoms with Gasteiger partial charge in [0.1, 0.15) is 0 Å². The van der Waals surface area contributed by atoms with Crippen LogP contribution in [0.25, 0.3) is 16.9 Å². The van der Waals surface area contributed by atoms with Crippen LogP contribution in [0.5, 0.6) is 0 Å². The molecule has 0 aliphatic rings. The molecule has 0 unspecified atom stereocenters. The highest BCUT2D eigenvalue weighted by atomic mass is 79.9. The molecule has 3 nitrogen and oxygen atoms in total. The van der Waals surface area contributed by atoms with Crippen molar-refractivity contribution in [1.82, 2.24) is 14.6 Å². The van der Waals surface area contributed by atoms with Crippen molar-refractivity contribution in [2.45, 2.75) is 32.9 Å². The Morgan fingerprint density at radius 2 is 1.75 bits per heavy atom. The van der Waals surface area contributed by atoms with Crippen molar-refractivity contribution in [3.63, 3.8) is 0 Å². The third-order valence-corrected chi connectivity index (χ3v) is 4.78. The molecule has 126 valence electrons. The molecule has 0 amide bonds. The van der Waals surface area contributed by atoms with Gasteiger partial charge in [-0.25, -0.2) is 9.50 Å². The van der Waals surface area contributed by atoms with Gasteiger partial charge in [-0.2, -0.15) is 18.3 Å². The standard InChI is InChI=1S/C17H15BrF3N3/c1-9(2)11-4-6-12(7-5-11)13-8-14(17(19,20)21)24-16(22-13)15(18)10(3)23-24/h4-9H,1-3H3. The summed E-state index contributed by atoms with van der Waals surface area (Å²) >= 11 is 3.28. The SMILES string of the molecule is Cc1nn2c(C(F)(F)F)cc(-c3ccc(C(C)C)cc3)nc2c1Br. The van der Waals surface area contributed by atoms with Crippen LogP contribution in [-0.4, -0.2) is 14.6 Å². The van der Waals surface area contributed by atoms with E-state index in [1.54, 1.807) is 19.1 Å². The highest BCUT2D eigenvalue weighted by Crippen LogP contribution is 2.34. The lowest BCUT2D eigenvalue weighted by molar-refractivity contribution is -0.142. The fourth-order valence-corrected chi connectivity index (χ4v) is 2.82. The van der Waals surface area contributed by atoms with E-state index in [4.69, 9.17) is 0 Å². The van der Waals surface area contributed by atoms with Crippen LogP contribution in [0.4, 0.5) is 13.2 Å². The lowest BCUT2D eigenvalue weighted by Gasteiger charge is -2.12. The molecule has 0 bridgehead atoms. The fourth-order valence-electron chi connectivity index (χ4n) is 2.49. The molecule has 0 atom stereocenters. The number of benzene rings is 1. The van der Waals surface area contributed by atoms with Crippen molar-refractivity contribution in [2.24, 2.45) is 0 Å². The zero-order valence-electron chi connectivity index (χ0n) is 13.3. The molecule has 0 spiro atoms. The van der Waals surface area contributed by atoms with Crippen LogP contribution in [0, 0.1) is 6.92 Å². The zero-order valence-corrected chi connectivity index (χ0v) is 14.9. The third kappa shape index (κ3) is 2.92. The Hall–Kier alpha value is -1.89. The van der Waals surface area contributed by atoms with Gasteiger partial charge in [0, 0.05) is 5.56 Å². The molecular formula is C17H15BrF3N3. The summed E-state index contributed by atoms with van der Waals surface area (Å²) in [5, 5.41) is 3.94. The van der Waals surface area contributed by atoms with Gasteiger partial charge in [-0.3, -0.25) is 0 Å². The topological polar surface area (TPSA) is 30.2 Å². The molecule has 0 saturated heterocycles. The number of fused-ring (bicyclic) bond motifs is 1.